The van der Waals surface area contributed by atoms with Crippen LogP contribution in [0.3, 0.4) is 0 Å². The van der Waals surface area contributed by atoms with Crippen LogP contribution in [-0.2, 0) is 4.79 Å². The largest absolute Gasteiger partial charge is 0.342 e. The van der Waals surface area contributed by atoms with Crippen LogP contribution in [0.25, 0.3) is 0 Å². The number of thiophene rings is 1. The van der Waals surface area contributed by atoms with E-state index in [0.29, 0.717) is 12.3 Å². The summed E-state index contributed by atoms with van der Waals surface area (Å²) in [6, 6.07) is 11.8. The number of aryl methyl sites for hydroxylation is 1. The van der Waals surface area contributed by atoms with E-state index >= 15 is 0 Å². The van der Waals surface area contributed by atoms with Gasteiger partial charge in [0.05, 0.1) is 18.2 Å². The van der Waals surface area contributed by atoms with Crippen LogP contribution in [0.4, 0.5) is 0 Å². The fraction of sp³-hybridized carbons (Fsp3) is 0.400. The van der Waals surface area contributed by atoms with E-state index in [4.69, 9.17) is 5.26 Å². The van der Waals surface area contributed by atoms with Gasteiger partial charge >= 0.3 is 0 Å². The summed E-state index contributed by atoms with van der Waals surface area (Å²) < 4.78 is 1.02. The van der Waals surface area contributed by atoms with E-state index in [9.17, 15) is 4.79 Å². The monoisotopic (exact) mass is 433 g/mol. The Bertz CT molecular complexity index is 764. The van der Waals surface area contributed by atoms with Crippen molar-refractivity contribution in [2.75, 3.05) is 6.54 Å². The molecule has 2 aromatic rings. The lowest BCUT2D eigenvalue weighted by molar-refractivity contribution is -0.123. The maximum atomic E-state index is 12.6. The standard InChI is InChI=1S/C20H24BrN3OS/c1-13(2)12-17(20(25)23-10-9-22)24-18(19-14(3)8-11-26-19)15-4-6-16(21)7-5-15/h4-8,11,13,17-18,24H,10,12H2,1-3H3,(H,23,25)/t17?,18-/m0/s1. The number of carbonyl (C=O) groups is 1. The van der Waals surface area contributed by atoms with Crippen LogP contribution in [0.5, 0.6) is 0 Å². The van der Waals surface area contributed by atoms with Crippen molar-refractivity contribution in [1.82, 2.24) is 10.6 Å². The summed E-state index contributed by atoms with van der Waals surface area (Å²) >= 11 is 5.17. The minimum atomic E-state index is -0.363. The van der Waals surface area contributed by atoms with Gasteiger partial charge in [-0.3, -0.25) is 10.1 Å². The Labute approximate surface area is 167 Å². The molecule has 0 aliphatic rings. The lowest BCUT2D eigenvalue weighted by Gasteiger charge is -2.26. The highest BCUT2D eigenvalue weighted by atomic mass is 79.9. The van der Waals surface area contributed by atoms with Crippen LogP contribution >= 0.6 is 27.3 Å². The van der Waals surface area contributed by atoms with Crippen LogP contribution in [-0.4, -0.2) is 18.5 Å². The maximum Gasteiger partial charge on any atom is 0.237 e. The molecule has 0 aliphatic carbocycles. The predicted molar refractivity (Wildman–Crippen MR) is 110 cm³/mol. The SMILES string of the molecule is Cc1ccsc1[C@@H](NC(CC(C)C)C(=O)NCC#N)c1ccc(Br)cc1. The van der Waals surface area contributed by atoms with Gasteiger partial charge in [-0.15, -0.1) is 11.3 Å². The third-order valence-electron chi connectivity index (χ3n) is 4.10. The minimum Gasteiger partial charge on any atom is -0.342 e. The van der Waals surface area contributed by atoms with E-state index in [-0.39, 0.29) is 24.5 Å². The first-order valence-electron chi connectivity index (χ1n) is 8.62. The Hall–Kier alpha value is -1.68. The second kappa shape index (κ2) is 9.86. The molecule has 6 heteroatoms. The molecule has 0 spiro atoms. The van der Waals surface area contributed by atoms with Crippen LogP contribution in [0.15, 0.2) is 40.2 Å². The number of hydrogen-bond acceptors (Lipinski definition) is 4. The Morgan fingerprint density at radius 1 is 1.27 bits per heavy atom. The third kappa shape index (κ3) is 5.66. The van der Waals surface area contributed by atoms with Crippen LogP contribution in [0.2, 0.25) is 0 Å². The molecule has 2 N–H and O–H groups in total. The van der Waals surface area contributed by atoms with E-state index in [0.717, 1.165) is 10.0 Å². The number of nitrogens with zero attached hydrogens (tertiary/aromatic N) is 1. The van der Waals surface area contributed by atoms with Gasteiger partial charge in [-0.25, -0.2) is 0 Å². The highest BCUT2D eigenvalue weighted by Gasteiger charge is 2.26. The van der Waals surface area contributed by atoms with Crippen LogP contribution in [0.1, 0.15) is 42.3 Å². The molecule has 1 amide bonds. The summed E-state index contributed by atoms with van der Waals surface area (Å²) in [6.45, 7) is 6.30. The summed E-state index contributed by atoms with van der Waals surface area (Å²) in [5, 5.41) is 17.1. The van der Waals surface area contributed by atoms with Gasteiger partial charge < -0.3 is 5.32 Å². The molecule has 1 aromatic heterocycles. The van der Waals surface area contributed by atoms with E-state index in [1.54, 1.807) is 11.3 Å². The van der Waals surface area contributed by atoms with Crippen molar-refractivity contribution in [3.05, 3.63) is 56.2 Å². The quantitative estimate of drug-likeness (QED) is 0.599. The second-order valence-electron chi connectivity index (χ2n) is 6.68. The molecule has 1 heterocycles. The van der Waals surface area contributed by atoms with Crippen molar-refractivity contribution in [2.45, 2.75) is 39.3 Å². The zero-order valence-corrected chi connectivity index (χ0v) is 17.7. The molecule has 0 aliphatic heterocycles. The molecular formula is C20H24BrN3OS. The van der Waals surface area contributed by atoms with E-state index in [1.165, 1.54) is 10.4 Å². The average Bonchev–Trinajstić information content (AvgIpc) is 3.02. The molecule has 0 saturated heterocycles. The van der Waals surface area contributed by atoms with Gasteiger partial charge in [0.1, 0.15) is 6.54 Å². The van der Waals surface area contributed by atoms with Gasteiger partial charge in [-0.05, 0) is 54.0 Å². The topological polar surface area (TPSA) is 64.9 Å². The summed E-state index contributed by atoms with van der Waals surface area (Å²) in [4.78, 5) is 13.8. The van der Waals surface area contributed by atoms with Gasteiger partial charge in [0.15, 0.2) is 0 Å². The van der Waals surface area contributed by atoms with Crippen molar-refractivity contribution in [3.8, 4) is 6.07 Å². The number of halogens is 1. The van der Waals surface area contributed by atoms with Gasteiger partial charge in [0.2, 0.25) is 5.91 Å². The molecule has 0 radical (unpaired) electrons. The number of benzene rings is 1. The number of carbonyl (C=O) groups excluding carboxylic acids is 1. The smallest absolute Gasteiger partial charge is 0.237 e. The summed E-state index contributed by atoms with van der Waals surface area (Å²) in [7, 11) is 0. The minimum absolute atomic E-state index is 0.0239. The molecule has 1 aromatic carbocycles. The Morgan fingerprint density at radius 2 is 1.96 bits per heavy atom. The molecule has 4 nitrogen and oxygen atoms in total. The van der Waals surface area contributed by atoms with Crippen molar-refractivity contribution >= 4 is 33.2 Å². The predicted octanol–water partition coefficient (Wildman–Crippen LogP) is 4.55. The van der Waals surface area contributed by atoms with Crippen molar-refractivity contribution < 1.29 is 4.79 Å². The Morgan fingerprint density at radius 3 is 2.50 bits per heavy atom. The number of hydrogen-bond donors (Lipinski definition) is 2. The first-order chi connectivity index (χ1) is 12.4. The molecule has 1 unspecified atom stereocenters. The molecule has 0 fully saturated rings. The average molecular weight is 434 g/mol. The molecule has 2 rings (SSSR count). The molecule has 2 atom stereocenters. The van der Waals surface area contributed by atoms with Gasteiger partial charge in [-0.1, -0.05) is 41.9 Å². The second-order valence-corrected chi connectivity index (χ2v) is 8.54. The fourth-order valence-electron chi connectivity index (χ4n) is 2.83. The Balaban J connectivity index is 2.33. The third-order valence-corrected chi connectivity index (χ3v) is 5.71. The maximum absolute atomic E-state index is 12.6. The summed E-state index contributed by atoms with van der Waals surface area (Å²) in [5.41, 5.74) is 2.32. The zero-order chi connectivity index (χ0) is 19.1. The summed E-state index contributed by atoms with van der Waals surface area (Å²) in [6.07, 6.45) is 0.703. The first kappa shape index (κ1) is 20.6. The molecule has 138 valence electrons. The lowest BCUT2D eigenvalue weighted by Crippen LogP contribution is -2.46. The lowest BCUT2D eigenvalue weighted by atomic mass is 9.98. The Kier molecular flexibility index (Phi) is 7.83. The summed E-state index contributed by atoms with van der Waals surface area (Å²) in [5.74, 6) is 0.229. The number of rotatable bonds is 8. The van der Waals surface area contributed by atoms with Crippen molar-refractivity contribution in [3.63, 3.8) is 0 Å². The first-order valence-corrected chi connectivity index (χ1v) is 10.3. The van der Waals surface area contributed by atoms with Gasteiger partial charge in [-0.2, -0.15) is 5.26 Å². The molecular weight excluding hydrogens is 410 g/mol. The highest BCUT2D eigenvalue weighted by molar-refractivity contribution is 9.10. The zero-order valence-electron chi connectivity index (χ0n) is 15.3. The molecule has 0 bridgehead atoms. The highest BCUT2D eigenvalue weighted by Crippen LogP contribution is 2.31. The van der Waals surface area contributed by atoms with E-state index < -0.39 is 0 Å². The number of amides is 1. The molecule has 26 heavy (non-hydrogen) atoms. The van der Waals surface area contributed by atoms with Crippen LogP contribution in [0, 0.1) is 24.2 Å². The fourth-order valence-corrected chi connectivity index (χ4v) is 4.11. The van der Waals surface area contributed by atoms with E-state index in [1.807, 2.05) is 18.2 Å². The van der Waals surface area contributed by atoms with Crippen LogP contribution < -0.4 is 10.6 Å². The number of nitriles is 1. The van der Waals surface area contributed by atoms with Crippen molar-refractivity contribution in [2.24, 2.45) is 5.92 Å². The van der Waals surface area contributed by atoms with Gasteiger partial charge in [0, 0.05) is 9.35 Å². The van der Waals surface area contributed by atoms with Gasteiger partial charge in [0.25, 0.3) is 0 Å². The normalized spacial score (nSPS) is 13.2. The molecule has 0 saturated carbocycles. The van der Waals surface area contributed by atoms with E-state index in [2.05, 4.69) is 70.9 Å². The number of nitrogens with one attached hydrogen (secondary N) is 2. The van der Waals surface area contributed by atoms with Crippen molar-refractivity contribution in [1.29, 1.82) is 5.26 Å².